The third kappa shape index (κ3) is 3.94. The van der Waals surface area contributed by atoms with Gasteiger partial charge in [0, 0.05) is 18.8 Å². The van der Waals surface area contributed by atoms with E-state index in [1.54, 1.807) is 38.2 Å². The molecule has 4 N–H and O–H groups in total. The van der Waals surface area contributed by atoms with Gasteiger partial charge in [0.25, 0.3) is 5.69 Å². The van der Waals surface area contributed by atoms with Gasteiger partial charge < -0.3 is 16.4 Å². The van der Waals surface area contributed by atoms with Crippen molar-refractivity contribution in [3.63, 3.8) is 0 Å². The number of rotatable bonds is 4. The zero-order chi connectivity index (χ0) is 17.0. The highest BCUT2D eigenvalue weighted by molar-refractivity contribution is 5.91. The van der Waals surface area contributed by atoms with Crippen LogP contribution in [-0.2, 0) is 6.54 Å². The number of anilines is 2. The molecule has 1 aromatic heterocycles. The number of nitrogens with one attached hydrogen (secondary N) is 2. The maximum Gasteiger partial charge on any atom is 0.319 e. The molecule has 0 radical (unpaired) electrons. The molecule has 0 fully saturated rings. The first kappa shape index (κ1) is 16.2. The van der Waals surface area contributed by atoms with Crippen LogP contribution >= 0.6 is 0 Å². The highest BCUT2D eigenvalue weighted by atomic mass is 16.6. The summed E-state index contributed by atoms with van der Waals surface area (Å²) in [5.74, 6) is 0.404. The van der Waals surface area contributed by atoms with Crippen molar-refractivity contribution in [1.82, 2.24) is 10.3 Å². The van der Waals surface area contributed by atoms with E-state index in [4.69, 9.17) is 5.73 Å². The second-order valence-corrected chi connectivity index (χ2v) is 5.06. The van der Waals surface area contributed by atoms with Crippen molar-refractivity contribution in [2.24, 2.45) is 0 Å². The van der Waals surface area contributed by atoms with Crippen molar-refractivity contribution >= 4 is 23.2 Å². The molecule has 8 heteroatoms. The average Bonchev–Trinajstić information content (AvgIpc) is 2.50. The number of aryl methyl sites for hydroxylation is 1. The van der Waals surface area contributed by atoms with Crippen molar-refractivity contribution in [2.45, 2.75) is 20.4 Å². The van der Waals surface area contributed by atoms with Crippen LogP contribution in [0.2, 0.25) is 0 Å². The number of carbonyl (C=O) groups excluding carboxylic acids is 1. The molecule has 0 saturated heterocycles. The Balaban J connectivity index is 2.07. The van der Waals surface area contributed by atoms with Crippen LogP contribution in [0.4, 0.5) is 22.0 Å². The molecule has 23 heavy (non-hydrogen) atoms. The van der Waals surface area contributed by atoms with Gasteiger partial charge in [-0.05, 0) is 31.0 Å². The van der Waals surface area contributed by atoms with Gasteiger partial charge in [-0.25, -0.2) is 9.78 Å². The van der Waals surface area contributed by atoms with Gasteiger partial charge >= 0.3 is 6.03 Å². The summed E-state index contributed by atoms with van der Waals surface area (Å²) in [6.07, 6.45) is 1.57. The summed E-state index contributed by atoms with van der Waals surface area (Å²) in [5.41, 5.74) is 7.85. The van der Waals surface area contributed by atoms with Gasteiger partial charge in [0.15, 0.2) is 0 Å². The number of nitrogens with two attached hydrogens (primary N) is 1. The fraction of sp³-hybridized carbons (Fsp3) is 0.200. The first-order valence-corrected chi connectivity index (χ1v) is 6.88. The fourth-order valence-electron chi connectivity index (χ4n) is 2.11. The minimum atomic E-state index is -0.474. The zero-order valence-electron chi connectivity index (χ0n) is 12.8. The second-order valence-electron chi connectivity index (χ2n) is 5.06. The molecule has 8 nitrogen and oxygen atoms in total. The number of carbonyl (C=O) groups is 1. The van der Waals surface area contributed by atoms with Crippen LogP contribution in [0, 0.1) is 24.0 Å². The molecule has 0 aliphatic rings. The third-order valence-electron chi connectivity index (χ3n) is 3.38. The quantitative estimate of drug-likeness (QED) is 0.591. The fourth-order valence-corrected chi connectivity index (χ4v) is 2.11. The van der Waals surface area contributed by atoms with E-state index in [-0.39, 0.29) is 12.2 Å². The number of nitrogens with zero attached hydrogens (tertiary/aromatic N) is 2. The Kier molecular flexibility index (Phi) is 4.75. The molecule has 1 heterocycles. The molecule has 2 rings (SSSR count). The largest absolute Gasteiger partial charge is 0.384 e. The highest BCUT2D eigenvalue weighted by Crippen LogP contribution is 2.28. The zero-order valence-corrected chi connectivity index (χ0v) is 12.8. The summed E-state index contributed by atoms with van der Waals surface area (Å²) in [6.45, 7) is 3.65. The van der Waals surface area contributed by atoms with Gasteiger partial charge in [0.2, 0.25) is 0 Å². The van der Waals surface area contributed by atoms with E-state index in [0.717, 1.165) is 11.1 Å². The molecule has 0 aliphatic carbocycles. The summed E-state index contributed by atoms with van der Waals surface area (Å²) in [6, 6.07) is 5.97. The van der Waals surface area contributed by atoms with E-state index in [1.165, 1.54) is 6.07 Å². The SMILES string of the molecule is Cc1ccc([N+](=O)[O-])c(C)c1NC(=O)NCc1ccc(N)nc1. The summed E-state index contributed by atoms with van der Waals surface area (Å²) in [7, 11) is 0. The number of nitro groups is 1. The standard InChI is InChI=1S/C15H17N5O3/c1-9-3-5-12(20(22)23)10(2)14(9)19-15(21)18-8-11-4-6-13(16)17-7-11/h3-7H,8H2,1-2H3,(H2,16,17)(H2,18,19,21). The molecular formula is C15H17N5O3. The number of pyridine rings is 1. The number of nitro benzene ring substituents is 1. The maximum absolute atomic E-state index is 12.0. The summed E-state index contributed by atoms with van der Waals surface area (Å²) in [5, 5.41) is 16.3. The van der Waals surface area contributed by atoms with E-state index < -0.39 is 11.0 Å². The van der Waals surface area contributed by atoms with E-state index >= 15 is 0 Å². The molecule has 1 aromatic carbocycles. The Labute approximate surface area is 132 Å². The average molecular weight is 315 g/mol. The van der Waals surface area contributed by atoms with Gasteiger partial charge in [-0.1, -0.05) is 12.1 Å². The summed E-state index contributed by atoms with van der Waals surface area (Å²) in [4.78, 5) is 26.4. The van der Waals surface area contributed by atoms with Crippen LogP contribution < -0.4 is 16.4 Å². The molecule has 0 atom stereocenters. The molecule has 2 amide bonds. The summed E-state index contributed by atoms with van der Waals surface area (Å²) >= 11 is 0. The smallest absolute Gasteiger partial charge is 0.319 e. The van der Waals surface area contributed by atoms with Gasteiger partial charge in [-0.15, -0.1) is 0 Å². The van der Waals surface area contributed by atoms with Gasteiger partial charge in [0.05, 0.1) is 16.2 Å². The van der Waals surface area contributed by atoms with Crippen LogP contribution in [0.25, 0.3) is 0 Å². The third-order valence-corrected chi connectivity index (χ3v) is 3.38. The Hall–Kier alpha value is -3.16. The Morgan fingerprint density at radius 3 is 2.65 bits per heavy atom. The van der Waals surface area contributed by atoms with Crippen molar-refractivity contribution in [3.8, 4) is 0 Å². The van der Waals surface area contributed by atoms with Gasteiger partial charge in [0.1, 0.15) is 5.82 Å². The topological polar surface area (TPSA) is 123 Å². The molecule has 2 aromatic rings. The predicted octanol–water partition coefficient (Wildman–Crippen LogP) is 2.51. The van der Waals surface area contributed by atoms with Crippen molar-refractivity contribution in [2.75, 3.05) is 11.1 Å². The lowest BCUT2D eigenvalue weighted by atomic mass is 10.1. The highest BCUT2D eigenvalue weighted by Gasteiger charge is 2.17. The lowest BCUT2D eigenvalue weighted by molar-refractivity contribution is -0.385. The molecule has 120 valence electrons. The maximum atomic E-state index is 12.0. The van der Waals surface area contributed by atoms with E-state index in [1.807, 2.05) is 0 Å². The Bertz CT molecular complexity index is 744. The molecule has 0 bridgehead atoms. The minimum Gasteiger partial charge on any atom is -0.384 e. The number of aromatic nitrogens is 1. The number of amides is 2. The lowest BCUT2D eigenvalue weighted by Gasteiger charge is -2.12. The number of nitrogen functional groups attached to an aromatic ring is 1. The first-order valence-electron chi connectivity index (χ1n) is 6.88. The molecule has 0 unspecified atom stereocenters. The molecule has 0 spiro atoms. The van der Waals surface area contributed by atoms with E-state index in [9.17, 15) is 14.9 Å². The number of benzene rings is 1. The normalized spacial score (nSPS) is 10.2. The number of urea groups is 1. The minimum absolute atomic E-state index is 0.0337. The number of hydrogen-bond donors (Lipinski definition) is 3. The summed E-state index contributed by atoms with van der Waals surface area (Å²) < 4.78 is 0. The van der Waals surface area contributed by atoms with Crippen LogP contribution in [0.1, 0.15) is 16.7 Å². The number of hydrogen-bond acceptors (Lipinski definition) is 5. The Morgan fingerprint density at radius 2 is 2.04 bits per heavy atom. The van der Waals surface area contributed by atoms with Crippen LogP contribution in [0.3, 0.4) is 0 Å². The molecule has 0 saturated carbocycles. The van der Waals surface area contributed by atoms with Crippen LogP contribution in [-0.4, -0.2) is 15.9 Å². The van der Waals surface area contributed by atoms with Gasteiger partial charge in [-0.2, -0.15) is 0 Å². The monoisotopic (exact) mass is 315 g/mol. The van der Waals surface area contributed by atoms with E-state index in [2.05, 4.69) is 15.6 Å². The van der Waals surface area contributed by atoms with Crippen molar-refractivity contribution in [1.29, 1.82) is 0 Å². The van der Waals surface area contributed by atoms with Crippen molar-refractivity contribution in [3.05, 3.63) is 57.3 Å². The van der Waals surface area contributed by atoms with E-state index in [0.29, 0.717) is 17.1 Å². The lowest BCUT2D eigenvalue weighted by Crippen LogP contribution is -2.29. The Morgan fingerprint density at radius 1 is 1.30 bits per heavy atom. The van der Waals surface area contributed by atoms with Crippen LogP contribution in [0.5, 0.6) is 0 Å². The van der Waals surface area contributed by atoms with Crippen LogP contribution in [0.15, 0.2) is 30.5 Å². The first-order chi connectivity index (χ1) is 10.9. The molecule has 0 aliphatic heterocycles. The predicted molar refractivity (Wildman–Crippen MR) is 87.1 cm³/mol. The van der Waals surface area contributed by atoms with Gasteiger partial charge in [-0.3, -0.25) is 10.1 Å². The second kappa shape index (κ2) is 6.73. The van der Waals surface area contributed by atoms with Crippen molar-refractivity contribution < 1.29 is 9.72 Å². The molecular weight excluding hydrogens is 298 g/mol.